The second-order valence-corrected chi connectivity index (χ2v) is 6.40. The van der Waals surface area contributed by atoms with Crippen molar-refractivity contribution in [2.45, 2.75) is 38.1 Å². The number of ether oxygens (including phenoxy) is 1. The zero-order chi connectivity index (χ0) is 17.6. The summed E-state index contributed by atoms with van der Waals surface area (Å²) in [6.07, 6.45) is 1.28. The third-order valence-corrected chi connectivity index (χ3v) is 4.73. The van der Waals surface area contributed by atoms with Crippen molar-refractivity contribution in [2.75, 3.05) is 6.61 Å². The number of rotatable bonds is 6. The molecule has 1 fully saturated rings. The monoisotopic (exact) mass is 337 g/mol. The maximum atomic E-state index is 12.8. The van der Waals surface area contributed by atoms with E-state index in [4.69, 9.17) is 4.74 Å². The van der Waals surface area contributed by atoms with Gasteiger partial charge in [0.05, 0.1) is 6.04 Å². The summed E-state index contributed by atoms with van der Waals surface area (Å²) >= 11 is 0. The van der Waals surface area contributed by atoms with Crippen LogP contribution in [0.1, 0.15) is 36.8 Å². The lowest BCUT2D eigenvalue weighted by Crippen LogP contribution is -2.40. The molecule has 0 N–H and O–H groups in total. The van der Waals surface area contributed by atoms with Crippen molar-refractivity contribution < 1.29 is 14.3 Å². The van der Waals surface area contributed by atoms with E-state index >= 15 is 0 Å². The van der Waals surface area contributed by atoms with E-state index in [9.17, 15) is 9.59 Å². The SMILES string of the molecule is CCC(CC(=O)N1C(=O)OC[C@@H]1Cc1ccccc1)c1ccccc1. The van der Waals surface area contributed by atoms with E-state index in [0.717, 1.165) is 17.5 Å². The van der Waals surface area contributed by atoms with Crippen LogP contribution >= 0.6 is 0 Å². The predicted octanol–water partition coefficient (Wildman–Crippen LogP) is 4.16. The first kappa shape index (κ1) is 17.2. The molecule has 1 aliphatic heterocycles. The molecule has 1 aliphatic rings. The quantitative estimate of drug-likeness (QED) is 0.795. The molecule has 0 spiro atoms. The van der Waals surface area contributed by atoms with Crippen LogP contribution in [0, 0.1) is 0 Å². The van der Waals surface area contributed by atoms with E-state index in [1.54, 1.807) is 0 Å². The smallest absolute Gasteiger partial charge is 0.416 e. The van der Waals surface area contributed by atoms with Crippen LogP contribution in [-0.4, -0.2) is 29.5 Å². The Labute approximate surface area is 148 Å². The highest BCUT2D eigenvalue weighted by Gasteiger charge is 2.38. The van der Waals surface area contributed by atoms with Crippen LogP contribution in [0.4, 0.5) is 4.79 Å². The Hall–Kier alpha value is -2.62. The van der Waals surface area contributed by atoms with Crippen molar-refractivity contribution in [3.8, 4) is 0 Å². The molecular formula is C21H23NO3. The minimum absolute atomic E-state index is 0.111. The summed E-state index contributed by atoms with van der Waals surface area (Å²) in [5, 5.41) is 0. The molecule has 1 heterocycles. The third-order valence-electron chi connectivity index (χ3n) is 4.73. The van der Waals surface area contributed by atoms with E-state index in [1.165, 1.54) is 4.90 Å². The molecule has 0 radical (unpaired) electrons. The van der Waals surface area contributed by atoms with Crippen molar-refractivity contribution >= 4 is 12.0 Å². The number of nitrogens with zero attached hydrogens (tertiary/aromatic N) is 1. The molecule has 3 rings (SSSR count). The molecule has 0 aliphatic carbocycles. The van der Waals surface area contributed by atoms with Gasteiger partial charge in [0, 0.05) is 6.42 Å². The van der Waals surface area contributed by atoms with Gasteiger partial charge in [0.15, 0.2) is 0 Å². The number of imide groups is 1. The number of benzene rings is 2. The van der Waals surface area contributed by atoms with Gasteiger partial charge >= 0.3 is 6.09 Å². The van der Waals surface area contributed by atoms with Crippen LogP contribution in [0.2, 0.25) is 0 Å². The lowest BCUT2D eigenvalue weighted by Gasteiger charge is -2.22. The number of carbonyl (C=O) groups excluding carboxylic acids is 2. The molecule has 0 bridgehead atoms. The average molecular weight is 337 g/mol. The number of hydrogen-bond donors (Lipinski definition) is 0. The van der Waals surface area contributed by atoms with Crippen LogP contribution in [0.25, 0.3) is 0 Å². The average Bonchev–Trinajstić information content (AvgIpc) is 3.01. The minimum atomic E-state index is -0.520. The molecule has 1 saturated heterocycles. The number of amides is 2. The van der Waals surface area contributed by atoms with Gasteiger partial charge < -0.3 is 4.74 Å². The van der Waals surface area contributed by atoms with Crippen molar-refractivity contribution in [1.29, 1.82) is 0 Å². The highest BCUT2D eigenvalue weighted by molar-refractivity contribution is 5.94. The molecule has 0 saturated carbocycles. The summed E-state index contributed by atoms with van der Waals surface area (Å²) in [4.78, 5) is 26.2. The van der Waals surface area contributed by atoms with E-state index < -0.39 is 6.09 Å². The molecule has 1 unspecified atom stereocenters. The van der Waals surface area contributed by atoms with Crippen LogP contribution < -0.4 is 0 Å². The fraction of sp³-hybridized carbons (Fsp3) is 0.333. The van der Waals surface area contributed by atoms with Crippen molar-refractivity contribution in [2.24, 2.45) is 0 Å². The van der Waals surface area contributed by atoms with Gasteiger partial charge in [-0.25, -0.2) is 9.69 Å². The summed E-state index contributed by atoms with van der Waals surface area (Å²) in [7, 11) is 0. The van der Waals surface area contributed by atoms with E-state index in [0.29, 0.717) is 12.8 Å². The first-order valence-electron chi connectivity index (χ1n) is 8.76. The molecule has 2 atom stereocenters. The molecular weight excluding hydrogens is 314 g/mol. The van der Waals surface area contributed by atoms with Crippen molar-refractivity contribution in [1.82, 2.24) is 4.90 Å². The predicted molar refractivity (Wildman–Crippen MR) is 96.2 cm³/mol. The Morgan fingerprint density at radius 1 is 1.12 bits per heavy atom. The lowest BCUT2D eigenvalue weighted by molar-refractivity contribution is -0.129. The first-order valence-corrected chi connectivity index (χ1v) is 8.76. The summed E-state index contributed by atoms with van der Waals surface area (Å²) in [6.45, 7) is 2.33. The van der Waals surface area contributed by atoms with Crippen LogP contribution in [0.5, 0.6) is 0 Å². The van der Waals surface area contributed by atoms with Gasteiger partial charge in [-0.3, -0.25) is 4.79 Å². The molecule has 2 aromatic rings. The van der Waals surface area contributed by atoms with E-state index in [-0.39, 0.29) is 24.5 Å². The third kappa shape index (κ3) is 4.08. The van der Waals surface area contributed by atoms with Crippen LogP contribution in [0.3, 0.4) is 0 Å². The standard InChI is InChI=1S/C21H23NO3/c1-2-17(18-11-7-4-8-12-18)14-20(23)22-19(15-25-21(22)24)13-16-9-5-3-6-10-16/h3-12,17,19H,2,13-15H2,1H3/t17?,19-/m0/s1. The Morgan fingerprint density at radius 2 is 1.76 bits per heavy atom. The van der Waals surface area contributed by atoms with Crippen molar-refractivity contribution in [3.05, 3.63) is 71.8 Å². The van der Waals surface area contributed by atoms with Gasteiger partial charge in [0.1, 0.15) is 6.61 Å². The Balaban J connectivity index is 1.71. The minimum Gasteiger partial charge on any atom is -0.447 e. The Kier molecular flexibility index (Phi) is 5.49. The van der Waals surface area contributed by atoms with Gasteiger partial charge in [0.25, 0.3) is 0 Å². The Morgan fingerprint density at radius 3 is 2.40 bits per heavy atom. The maximum absolute atomic E-state index is 12.8. The first-order chi connectivity index (χ1) is 12.2. The molecule has 4 heteroatoms. The zero-order valence-electron chi connectivity index (χ0n) is 14.4. The highest BCUT2D eigenvalue weighted by Crippen LogP contribution is 2.26. The van der Waals surface area contributed by atoms with Gasteiger partial charge in [-0.05, 0) is 29.9 Å². The van der Waals surface area contributed by atoms with E-state index in [2.05, 4.69) is 6.92 Å². The van der Waals surface area contributed by atoms with Crippen molar-refractivity contribution in [3.63, 3.8) is 0 Å². The highest BCUT2D eigenvalue weighted by atomic mass is 16.6. The zero-order valence-corrected chi connectivity index (χ0v) is 14.4. The summed E-state index contributed by atoms with van der Waals surface area (Å²) in [6, 6.07) is 19.6. The normalized spacial score (nSPS) is 18.0. The Bertz CT molecular complexity index is 714. The molecule has 0 aromatic heterocycles. The second-order valence-electron chi connectivity index (χ2n) is 6.40. The summed E-state index contributed by atoms with van der Waals surface area (Å²) < 4.78 is 5.16. The molecule has 2 aromatic carbocycles. The summed E-state index contributed by atoms with van der Waals surface area (Å²) in [5.74, 6) is -0.0430. The van der Waals surface area contributed by atoms with Gasteiger partial charge in [-0.15, -0.1) is 0 Å². The molecule has 2 amide bonds. The van der Waals surface area contributed by atoms with Crippen LogP contribution in [-0.2, 0) is 16.0 Å². The topological polar surface area (TPSA) is 46.6 Å². The van der Waals surface area contributed by atoms with Gasteiger partial charge in [-0.1, -0.05) is 67.6 Å². The van der Waals surface area contributed by atoms with Crippen LogP contribution in [0.15, 0.2) is 60.7 Å². The summed E-state index contributed by atoms with van der Waals surface area (Å²) in [5.41, 5.74) is 2.23. The van der Waals surface area contributed by atoms with E-state index in [1.807, 2.05) is 60.7 Å². The fourth-order valence-corrected chi connectivity index (χ4v) is 3.33. The van der Waals surface area contributed by atoms with Gasteiger partial charge in [-0.2, -0.15) is 0 Å². The molecule has 25 heavy (non-hydrogen) atoms. The number of carbonyl (C=O) groups is 2. The fourth-order valence-electron chi connectivity index (χ4n) is 3.33. The largest absolute Gasteiger partial charge is 0.447 e. The number of cyclic esters (lactones) is 1. The maximum Gasteiger partial charge on any atom is 0.416 e. The second kappa shape index (κ2) is 7.97. The van der Waals surface area contributed by atoms with Gasteiger partial charge in [0.2, 0.25) is 5.91 Å². The lowest BCUT2D eigenvalue weighted by atomic mass is 9.92. The molecule has 130 valence electrons. The molecule has 4 nitrogen and oxygen atoms in total. The number of hydrogen-bond acceptors (Lipinski definition) is 3.